The summed E-state index contributed by atoms with van der Waals surface area (Å²) in [7, 11) is 3.62. The average molecular weight is 225 g/mol. The van der Waals surface area contributed by atoms with Crippen molar-refractivity contribution in [3.05, 3.63) is 0 Å². The molecular formula is C7H17N2O4S+. The second-order valence-corrected chi connectivity index (χ2v) is 4.50. The summed E-state index contributed by atoms with van der Waals surface area (Å²) in [6, 6.07) is 0. The second-order valence-electron chi connectivity index (χ2n) is 3.71. The molecule has 6 nitrogen and oxygen atoms in total. The van der Waals surface area contributed by atoms with E-state index in [2.05, 4.69) is 4.72 Å². The predicted octanol–water partition coefficient (Wildman–Crippen LogP) is -0.736. The first-order valence-corrected chi connectivity index (χ1v) is 5.32. The number of nitrogens with one attached hydrogen (secondary N) is 1. The average Bonchev–Trinajstić information content (AvgIpc) is 1.95. The van der Waals surface area contributed by atoms with Gasteiger partial charge in [-0.2, -0.15) is 0 Å². The van der Waals surface area contributed by atoms with Crippen molar-refractivity contribution in [3.63, 3.8) is 0 Å². The van der Waals surface area contributed by atoms with Crippen LogP contribution in [0.2, 0.25) is 0 Å². The van der Waals surface area contributed by atoms with Gasteiger partial charge in [-0.25, -0.2) is 13.7 Å². The summed E-state index contributed by atoms with van der Waals surface area (Å²) in [6.07, 6.45) is 0.659. The minimum Gasteiger partial charge on any atom is -0.477 e. The van der Waals surface area contributed by atoms with Gasteiger partial charge in [0.2, 0.25) is 11.3 Å². The van der Waals surface area contributed by atoms with Gasteiger partial charge in [0.15, 0.2) is 6.54 Å². The molecule has 0 fully saturated rings. The van der Waals surface area contributed by atoms with Crippen LogP contribution in [0, 0.1) is 0 Å². The summed E-state index contributed by atoms with van der Waals surface area (Å²) in [5.41, 5.74) is 0. The van der Waals surface area contributed by atoms with E-state index < -0.39 is 17.2 Å². The number of hydrogen-bond acceptors (Lipinski definition) is 2. The summed E-state index contributed by atoms with van der Waals surface area (Å²) in [4.78, 5) is 10.4. The van der Waals surface area contributed by atoms with E-state index in [-0.39, 0.29) is 6.54 Å². The van der Waals surface area contributed by atoms with Crippen molar-refractivity contribution in [3.8, 4) is 0 Å². The first-order chi connectivity index (χ1) is 6.33. The van der Waals surface area contributed by atoms with Crippen LogP contribution in [0.15, 0.2) is 0 Å². The van der Waals surface area contributed by atoms with Gasteiger partial charge >= 0.3 is 5.97 Å². The standard InChI is InChI=1S/C7H16N2O4S/c1-9(2,6-7(10)11)5-3-4-8-14(12)13/h8H,3-6H2,1-2H3,(H-,10,11,12,13)/p+1. The maximum atomic E-state index is 10.4. The van der Waals surface area contributed by atoms with Crippen molar-refractivity contribution in [2.24, 2.45) is 0 Å². The Morgan fingerprint density at radius 3 is 2.50 bits per heavy atom. The van der Waals surface area contributed by atoms with Crippen LogP contribution < -0.4 is 4.72 Å². The first kappa shape index (κ1) is 13.5. The molecule has 1 unspecified atom stereocenters. The SMILES string of the molecule is C[N+](C)(CCCNS(=O)O)CC(=O)O. The smallest absolute Gasteiger partial charge is 0.359 e. The number of rotatable bonds is 7. The number of hydrogen-bond donors (Lipinski definition) is 3. The molecule has 0 heterocycles. The molecule has 0 aromatic heterocycles. The molecule has 0 saturated heterocycles. The van der Waals surface area contributed by atoms with E-state index in [1.165, 1.54) is 0 Å². The van der Waals surface area contributed by atoms with Gasteiger partial charge < -0.3 is 9.59 Å². The highest BCUT2D eigenvalue weighted by Crippen LogP contribution is 1.98. The third-order valence-corrected chi connectivity index (χ3v) is 2.18. The molecule has 0 radical (unpaired) electrons. The lowest BCUT2D eigenvalue weighted by Crippen LogP contribution is -2.45. The van der Waals surface area contributed by atoms with Crippen molar-refractivity contribution in [1.82, 2.24) is 4.72 Å². The summed E-state index contributed by atoms with van der Waals surface area (Å²) in [5.74, 6) is -0.839. The van der Waals surface area contributed by atoms with Crippen LogP contribution in [0.3, 0.4) is 0 Å². The number of aliphatic carboxylic acids is 1. The van der Waals surface area contributed by atoms with Crippen LogP contribution in [0.5, 0.6) is 0 Å². The van der Waals surface area contributed by atoms with Crippen molar-refractivity contribution in [2.75, 3.05) is 33.7 Å². The number of carbonyl (C=O) groups is 1. The zero-order valence-electron chi connectivity index (χ0n) is 8.39. The van der Waals surface area contributed by atoms with Crippen molar-refractivity contribution in [1.29, 1.82) is 0 Å². The van der Waals surface area contributed by atoms with E-state index in [0.717, 1.165) is 0 Å². The third-order valence-electron chi connectivity index (χ3n) is 1.73. The van der Waals surface area contributed by atoms with E-state index in [1.807, 2.05) is 14.1 Å². The zero-order valence-corrected chi connectivity index (χ0v) is 9.21. The Hall–Kier alpha value is -0.500. The Balaban J connectivity index is 3.65. The minimum absolute atomic E-state index is 0.0578. The van der Waals surface area contributed by atoms with Gasteiger partial charge in [0.1, 0.15) is 0 Å². The van der Waals surface area contributed by atoms with Gasteiger partial charge in [0, 0.05) is 13.0 Å². The van der Waals surface area contributed by atoms with Crippen LogP contribution in [0.1, 0.15) is 6.42 Å². The van der Waals surface area contributed by atoms with Crippen LogP contribution in [-0.4, -0.2) is 58.1 Å². The first-order valence-electron chi connectivity index (χ1n) is 4.22. The summed E-state index contributed by atoms with van der Waals surface area (Å²) >= 11 is -1.98. The van der Waals surface area contributed by atoms with Gasteiger partial charge in [-0.3, -0.25) is 4.55 Å². The highest BCUT2D eigenvalue weighted by atomic mass is 32.2. The minimum atomic E-state index is -1.98. The highest BCUT2D eigenvalue weighted by Gasteiger charge is 2.18. The van der Waals surface area contributed by atoms with Crippen molar-refractivity contribution < 1.29 is 23.1 Å². The fraction of sp³-hybridized carbons (Fsp3) is 0.857. The number of nitrogens with zero attached hydrogens (tertiary/aromatic N) is 1. The number of carboxylic acids is 1. The number of likely N-dealkylation sites (N-methyl/N-ethyl adjacent to an activating group) is 1. The third kappa shape index (κ3) is 8.11. The molecule has 0 amide bonds. The molecule has 14 heavy (non-hydrogen) atoms. The summed E-state index contributed by atoms with van der Waals surface area (Å²) in [5, 5.41) is 8.57. The van der Waals surface area contributed by atoms with E-state index in [4.69, 9.17) is 9.66 Å². The molecule has 0 spiro atoms. The number of quaternary nitrogens is 1. The fourth-order valence-corrected chi connectivity index (χ4v) is 1.43. The topological polar surface area (TPSA) is 86.6 Å². The van der Waals surface area contributed by atoms with Crippen molar-refractivity contribution in [2.45, 2.75) is 6.42 Å². The van der Waals surface area contributed by atoms with Gasteiger partial charge in [-0.15, -0.1) is 0 Å². The molecule has 7 heteroatoms. The molecule has 0 aromatic carbocycles. The fourth-order valence-electron chi connectivity index (χ4n) is 1.11. The molecule has 3 N–H and O–H groups in total. The largest absolute Gasteiger partial charge is 0.477 e. The molecule has 0 rings (SSSR count). The summed E-state index contributed by atoms with van der Waals surface area (Å²) < 4.78 is 21.3. The molecule has 0 aliphatic carbocycles. The molecule has 84 valence electrons. The van der Waals surface area contributed by atoms with E-state index in [0.29, 0.717) is 24.0 Å². The molecule has 0 bridgehead atoms. The molecule has 0 saturated carbocycles. The molecule has 0 aliphatic heterocycles. The Morgan fingerprint density at radius 2 is 2.07 bits per heavy atom. The van der Waals surface area contributed by atoms with E-state index in [9.17, 15) is 9.00 Å². The Kier molecular flexibility index (Phi) is 5.86. The van der Waals surface area contributed by atoms with Gasteiger partial charge in [-0.05, 0) is 0 Å². The Morgan fingerprint density at radius 1 is 1.50 bits per heavy atom. The number of carboxylic acid groups (broad SMARTS) is 1. The van der Waals surface area contributed by atoms with Gasteiger partial charge in [-0.1, -0.05) is 0 Å². The van der Waals surface area contributed by atoms with Crippen LogP contribution >= 0.6 is 0 Å². The van der Waals surface area contributed by atoms with Crippen LogP contribution in [0.25, 0.3) is 0 Å². The maximum absolute atomic E-state index is 10.4. The van der Waals surface area contributed by atoms with E-state index in [1.54, 1.807) is 0 Å². The molecule has 1 atom stereocenters. The molecule has 0 aromatic rings. The van der Waals surface area contributed by atoms with Gasteiger partial charge in [0.05, 0.1) is 20.6 Å². The van der Waals surface area contributed by atoms with E-state index >= 15 is 0 Å². The van der Waals surface area contributed by atoms with Crippen molar-refractivity contribution >= 4 is 17.2 Å². The Bertz CT molecular complexity index is 220. The monoisotopic (exact) mass is 225 g/mol. The Labute approximate surface area is 85.9 Å². The lowest BCUT2D eigenvalue weighted by molar-refractivity contribution is -0.883. The van der Waals surface area contributed by atoms with Gasteiger partial charge in [0.25, 0.3) is 0 Å². The highest BCUT2D eigenvalue weighted by molar-refractivity contribution is 7.77. The normalized spacial score (nSPS) is 13.9. The predicted molar refractivity (Wildman–Crippen MR) is 52.9 cm³/mol. The lowest BCUT2D eigenvalue weighted by atomic mass is 10.3. The summed E-state index contributed by atoms with van der Waals surface area (Å²) in [6.45, 7) is 1.11. The molecular weight excluding hydrogens is 208 g/mol. The maximum Gasteiger partial charge on any atom is 0.359 e. The second kappa shape index (κ2) is 6.07. The molecule has 0 aliphatic rings. The van der Waals surface area contributed by atoms with Crippen LogP contribution in [0.4, 0.5) is 0 Å². The lowest BCUT2D eigenvalue weighted by Gasteiger charge is -2.27. The zero-order chi connectivity index (χ0) is 11.2. The van der Waals surface area contributed by atoms with Crippen LogP contribution in [-0.2, 0) is 16.1 Å². The quantitative estimate of drug-likeness (QED) is 0.303.